The maximum Gasteiger partial charge on any atom is 0.251 e. The Morgan fingerprint density at radius 1 is 1.10 bits per heavy atom. The number of hydrogen-bond donors (Lipinski definition) is 1. The highest BCUT2D eigenvalue weighted by atomic mass is 127. The van der Waals surface area contributed by atoms with E-state index in [1.165, 1.54) is 0 Å². The molecule has 1 aromatic heterocycles. The summed E-state index contributed by atoms with van der Waals surface area (Å²) in [7, 11) is 1.95. The fourth-order valence-electron chi connectivity index (χ4n) is 4.13. The van der Waals surface area contributed by atoms with Gasteiger partial charge in [0.25, 0.3) is 5.91 Å². The molecule has 31 heavy (non-hydrogen) atoms. The summed E-state index contributed by atoms with van der Waals surface area (Å²) in [6, 6.07) is 0. The number of aliphatic imine (C=N–C) groups is 1. The molecule has 3 saturated heterocycles. The number of rotatable bonds is 5. The van der Waals surface area contributed by atoms with Crippen molar-refractivity contribution in [1.82, 2.24) is 29.9 Å². The van der Waals surface area contributed by atoms with Crippen molar-refractivity contribution in [3.63, 3.8) is 0 Å². The minimum absolute atomic E-state index is 0. The summed E-state index contributed by atoms with van der Waals surface area (Å²) in [5, 5.41) is 11.8. The molecule has 174 valence electrons. The first-order valence-corrected chi connectivity index (χ1v) is 11.0. The molecule has 11 heteroatoms. The normalized spacial score (nSPS) is 24.4. The minimum atomic E-state index is -0.249. The highest BCUT2D eigenvalue weighted by Crippen LogP contribution is 2.16. The molecule has 0 spiro atoms. The number of aromatic nitrogens is 3. The number of carbonyl (C=O) groups is 1. The summed E-state index contributed by atoms with van der Waals surface area (Å²) in [5.41, 5.74) is 0. The number of nitrogens with zero attached hydrogens (tertiary/aromatic N) is 6. The van der Waals surface area contributed by atoms with Gasteiger partial charge in [0.2, 0.25) is 0 Å². The molecule has 3 fully saturated rings. The number of nitrogens with one attached hydrogen (secondary N) is 1. The third-order valence-corrected chi connectivity index (χ3v) is 6.16. The predicted molar refractivity (Wildman–Crippen MR) is 126 cm³/mol. The van der Waals surface area contributed by atoms with Gasteiger partial charge in [-0.25, -0.2) is 4.99 Å². The molecule has 1 N–H and O–H groups in total. The van der Waals surface area contributed by atoms with E-state index < -0.39 is 0 Å². The van der Waals surface area contributed by atoms with Gasteiger partial charge in [-0.3, -0.25) is 4.79 Å². The predicted octanol–water partition coefficient (Wildman–Crippen LogP) is 0.689. The Hall–Kier alpha value is -1.47. The number of hydrogen-bond acceptors (Lipinski definition) is 6. The monoisotopic (exact) mass is 547 g/mol. The van der Waals surface area contributed by atoms with Crippen molar-refractivity contribution in [1.29, 1.82) is 0 Å². The molecule has 1 amide bonds. The molecule has 0 bridgehead atoms. The number of guanidine groups is 1. The molecule has 1 aromatic rings. The molecule has 2 unspecified atom stereocenters. The molecule has 0 saturated carbocycles. The van der Waals surface area contributed by atoms with Crippen LogP contribution in [-0.4, -0.2) is 94.6 Å². The summed E-state index contributed by atoms with van der Waals surface area (Å²) in [6.07, 6.45) is 3.98. The zero-order valence-corrected chi connectivity index (χ0v) is 20.8. The quantitative estimate of drug-likeness (QED) is 0.329. The van der Waals surface area contributed by atoms with Crippen molar-refractivity contribution in [2.45, 2.75) is 51.4 Å². The Balaban J connectivity index is 0.00000272. The van der Waals surface area contributed by atoms with E-state index in [0.29, 0.717) is 26.2 Å². The molecule has 2 atom stereocenters. The molecular formula is C20H34IN7O3. The van der Waals surface area contributed by atoms with Gasteiger partial charge in [-0.2, -0.15) is 0 Å². The van der Waals surface area contributed by atoms with Gasteiger partial charge in [0, 0.05) is 53.0 Å². The van der Waals surface area contributed by atoms with Crippen LogP contribution >= 0.6 is 24.0 Å². The average Bonchev–Trinajstić information content (AvgIpc) is 3.53. The number of aryl methyl sites for hydroxylation is 1. The summed E-state index contributed by atoms with van der Waals surface area (Å²) in [4.78, 5) is 21.6. The number of piperazine rings is 1. The van der Waals surface area contributed by atoms with Crippen LogP contribution in [0.3, 0.4) is 0 Å². The van der Waals surface area contributed by atoms with Crippen LogP contribution in [0.4, 0.5) is 0 Å². The van der Waals surface area contributed by atoms with E-state index in [1.807, 2.05) is 23.4 Å². The van der Waals surface area contributed by atoms with Gasteiger partial charge in [-0.1, -0.05) is 0 Å². The van der Waals surface area contributed by atoms with Crippen LogP contribution in [0.25, 0.3) is 0 Å². The van der Waals surface area contributed by atoms with Gasteiger partial charge in [-0.05, 0) is 32.6 Å². The first-order chi connectivity index (χ1) is 14.6. The molecule has 0 aromatic carbocycles. The van der Waals surface area contributed by atoms with Gasteiger partial charge in [0.1, 0.15) is 18.5 Å². The summed E-state index contributed by atoms with van der Waals surface area (Å²) >= 11 is 0. The van der Waals surface area contributed by atoms with Crippen LogP contribution < -0.4 is 5.32 Å². The van der Waals surface area contributed by atoms with Gasteiger partial charge < -0.3 is 29.2 Å². The number of carbonyl (C=O) groups excluding carboxylic acids is 1. The van der Waals surface area contributed by atoms with Gasteiger partial charge in [0.15, 0.2) is 11.8 Å². The lowest BCUT2D eigenvalue weighted by Crippen LogP contribution is -2.55. The maximum atomic E-state index is 12.6. The maximum absolute atomic E-state index is 12.6. The second kappa shape index (κ2) is 11.4. The lowest BCUT2D eigenvalue weighted by atomic mass is 10.2. The lowest BCUT2D eigenvalue weighted by molar-refractivity contribution is -0.142. The lowest BCUT2D eigenvalue weighted by Gasteiger charge is -2.37. The van der Waals surface area contributed by atoms with Crippen LogP contribution in [-0.2, 0) is 27.9 Å². The van der Waals surface area contributed by atoms with Crippen molar-refractivity contribution < 1.29 is 14.3 Å². The number of amides is 1. The van der Waals surface area contributed by atoms with Crippen LogP contribution in [0.1, 0.15) is 37.3 Å². The Kier molecular flexibility index (Phi) is 8.90. The van der Waals surface area contributed by atoms with Crippen LogP contribution in [0.2, 0.25) is 0 Å². The average molecular weight is 547 g/mol. The Labute approximate surface area is 200 Å². The zero-order chi connectivity index (χ0) is 20.9. The number of halogens is 1. The summed E-state index contributed by atoms with van der Waals surface area (Å²) < 4.78 is 13.3. The molecule has 0 aliphatic carbocycles. The second-order valence-corrected chi connectivity index (χ2v) is 8.19. The van der Waals surface area contributed by atoms with Gasteiger partial charge >= 0.3 is 0 Å². The largest absolute Gasteiger partial charge is 0.376 e. The van der Waals surface area contributed by atoms with E-state index in [2.05, 4.69) is 20.4 Å². The Morgan fingerprint density at radius 2 is 1.81 bits per heavy atom. The van der Waals surface area contributed by atoms with E-state index >= 15 is 0 Å². The van der Waals surface area contributed by atoms with Gasteiger partial charge in [-0.15, -0.1) is 34.2 Å². The Morgan fingerprint density at radius 3 is 2.42 bits per heavy atom. The van der Waals surface area contributed by atoms with Gasteiger partial charge in [0.05, 0.1) is 6.10 Å². The molecule has 10 nitrogen and oxygen atoms in total. The SMILES string of the molecule is Cc1nnc(CN=C(NCC2CCCO2)N2CCN(C(=O)C3CCCO3)CC2)n1C.I. The van der Waals surface area contributed by atoms with E-state index in [-0.39, 0.29) is 42.1 Å². The van der Waals surface area contributed by atoms with Crippen molar-refractivity contribution >= 4 is 35.8 Å². The fourth-order valence-corrected chi connectivity index (χ4v) is 4.13. The highest BCUT2D eigenvalue weighted by Gasteiger charge is 2.31. The van der Waals surface area contributed by atoms with Crippen molar-refractivity contribution in [3.05, 3.63) is 11.6 Å². The van der Waals surface area contributed by atoms with Crippen LogP contribution in [0, 0.1) is 6.92 Å². The summed E-state index contributed by atoms with van der Waals surface area (Å²) in [6.45, 7) is 7.52. The molecule has 3 aliphatic rings. The van der Waals surface area contributed by atoms with Crippen LogP contribution in [0.15, 0.2) is 4.99 Å². The highest BCUT2D eigenvalue weighted by molar-refractivity contribution is 14.0. The summed E-state index contributed by atoms with van der Waals surface area (Å²) in [5.74, 6) is 2.68. The van der Waals surface area contributed by atoms with E-state index in [4.69, 9.17) is 14.5 Å². The molecule has 3 aliphatic heterocycles. The molecule has 0 radical (unpaired) electrons. The standard InChI is InChI=1S/C20H33N7O3.HI/c1-15-23-24-18(25(15)2)14-22-20(21-13-16-5-3-11-29-16)27-9-7-26(8-10-27)19(28)17-6-4-12-30-17;/h16-17H,3-14H2,1-2H3,(H,21,22);1H. The first-order valence-electron chi connectivity index (χ1n) is 11.0. The third kappa shape index (κ3) is 6.07. The fraction of sp³-hybridized carbons (Fsp3) is 0.800. The molecular weight excluding hydrogens is 513 g/mol. The minimum Gasteiger partial charge on any atom is -0.376 e. The Bertz CT molecular complexity index is 752. The van der Waals surface area contributed by atoms with Crippen molar-refractivity contribution in [2.75, 3.05) is 45.9 Å². The zero-order valence-electron chi connectivity index (χ0n) is 18.5. The molecule has 4 heterocycles. The molecule has 4 rings (SSSR count). The van der Waals surface area contributed by atoms with E-state index in [9.17, 15) is 4.79 Å². The van der Waals surface area contributed by atoms with Crippen LogP contribution in [0.5, 0.6) is 0 Å². The first kappa shape index (κ1) is 24.2. The van der Waals surface area contributed by atoms with E-state index in [1.54, 1.807) is 0 Å². The topological polar surface area (TPSA) is 97.1 Å². The van der Waals surface area contributed by atoms with Crippen molar-refractivity contribution in [2.24, 2.45) is 12.0 Å². The third-order valence-electron chi connectivity index (χ3n) is 6.16. The van der Waals surface area contributed by atoms with E-state index in [0.717, 1.165) is 69.5 Å². The smallest absolute Gasteiger partial charge is 0.251 e. The number of ether oxygens (including phenoxy) is 2. The van der Waals surface area contributed by atoms with Crippen molar-refractivity contribution in [3.8, 4) is 0 Å². The second-order valence-electron chi connectivity index (χ2n) is 8.19.